The van der Waals surface area contributed by atoms with Gasteiger partial charge < -0.3 is 16.2 Å². The van der Waals surface area contributed by atoms with Gasteiger partial charge in [-0.3, -0.25) is 4.98 Å². The maximum Gasteiger partial charge on any atom is 0.359 e. The van der Waals surface area contributed by atoms with Gasteiger partial charge in [0.1, 0.15) is 0 Å². The number of carbonyl (C=O) groups excluding carboxylic acids is 1. The molecule has 0 radical (unpaired) electrons. The van der Waals surface area contributed by atoms with Crippen molar-refractivity contribution in [2.75, 3.05) is 18.1 Å². The summed E-state index contributed by atoms with van der Waals surface area (Å²) in [4.78, 5) is 24.5. The molecule has 25 heavy (non-hydrogen) atoms. The molecule has 0 aliphatic carbocycles. The number of hydrogen-bond acceptors (Lipinski definition) is 7. The van der Waals surface area contributed by atoms with Crippen LogP contribution in [-0.4, -0.2) is 27.5 Å². The predicted molar refractivity (Wildman–Crippen MR) is 98.9 cm³/mol. The van der Waals surface area contributed by atoms with Gasteiger partial charge in [-0.25, -0.2) is 14.8 Å². The first-order valence-electron chi connectivity index (χ1n) is 8.04. The van der Waals surface area contributed by atoms with Crippen LogP contribution < -0.4 is 11.5 Å². The molecule has 4 N–H and O–H groups in total. The van der Waals surface area contributed by atoms with E-state index < -0.39 is 5.97 Å². The summed E-state index contributed by atoms with van der Waals surface area (Å²) in [5.74, 6) is -0.206. The molecule has 0 bridgehead atoms. The first-order valence-corrected chi connectivity index (χ1v) is 8.04. The zero-order chi connectivity index (χ0) is 18.4. The van der Waals surface area contributed by atoms with E-state index in [1.165, 1.54) is 6.20 Å². The van der Waals surface area contributed by atoms with Gasteiger partial charge >= 0.3 is 5.97 Å². The lowest BCUT2D eigenvalue weighted by molar-refractivity contribution is 0.0521. The fourth-order valence-electron chi connectivity index (χ4n) is 2.20. The number of nitrogen functional groups attached to an aromatic ring is 2. The fourth-order valence-corrected chi connectivity index (χ4v) is 2.20. The SMILES string of the molecule is CC.CCOC(=O)c1nc(-c2ccc3nccc(N)c3c2)ncc1N. The summed E-state index contributed by atoms with van der Waals surface area (Å²) >= 11 is 0. The van der Waals surface area contributed by atoms with Crippen molar-refractivity contribution in [1.82, 2.24) is 15.0 Å². The number of carbonyl (C=O) groups is 1. The average Bonchev–Trinajstić information content (AvgIpc) is 2.64. The Hall–Kier alpha value is -3.22. The van der Waals surface area contributed by atoms with E-state index in [1.807, 2.05) is 32.0 Å². The summed E-state index contributed by atoms with van der Waals surface area (Å²) in [6.45, 7) is 5.96. The van der Waals surface area contributed by atoms with Gasteiger partial charge in [0, 0.05) is 22.8 Å². The number of aromatic nitrogens is 3. The second kappa shape index (κ2) is 8.05. The van der Waals surface area contributed by atoms with Crippen molar-refractivity contribution < 1.29 is 9.53 Å². The second-order valence-electron chi connectivity index (χ2n) is 4.85. The van der Waals surface area contributed by atoms with E-state index in [4.69, 9.17) is 16.2 Å². The third-order valence-electron chi connectivity index (χ3n) is 3.32. The summed E-state index contributed by atoms with van der Waals surface area (Å²) in [7, 11) is 0. The summed E-state index contributed by atoms with van der Waals surface area (Å²) in [5.41, 5.74) is 14.0. The Labute approximate surface area is 146 Å². The van der Waals surface area contributed by atoms with E-state index in [0.717, 1.165) is 10.9 Å². The highest BCUT2D eigenvalue weighted by atomic mass is 16.5. The monoisotopic (exact) mass is 339 g/mol. The predicted octanol–water partition coefficient (Wildman–Crippen LogP) is 3.06. The van der Waals surface area contributed by atoms with Gasteiger partial charge in [-0.05, 0) is 31.2 Å². The van der Waals surface area contributed by atoms with Crippen LogP contribution in [0.2, 0.25) is 0 Å². The Balaban J connectivity index is 0.00000109. The highest BCUT2D eigenvalue weighted by Gasteiger charge is 2.15. The maximum atomic E-state index is 11.9. The topological polar surface area (TPSA) is 117 Å². The van der Waals surface area contributed by atoms with E-state index in [1.54, 1.807) is 19.2 Å². The van der Waals surface area contributed by atoms with Gasteiger partial charge in [0.05, 0.1) is 24.0 Å². The lowest BCUT2D eigenvalue weighted by Crippen LogP contribution is -2.11. The molecule has 0 fully saturated rings. The number of esters is 1. The van der Waals surface area contributed by atoms with Crippen LogP contribution in [-0.2, 0) is 4.74 Å². The van der Waals surface area contributed by atoms with Crippen LogP contribution >= 0.6 is 0 Å². The quantitative estimate of drug-likeness (QED) is 0.704. The molecule has 3 aromatic rings. The molecule has 3 rings (SSSR count). The Morgan fingerprint density at radius 2 is 1.88 bits per heavy atom. The van der Waals surface area contributed by atoms with Gasteiger partial charge in [0.25, 0.3) is 0 Å². The number of fused-ring (bicyclic) bond motifs is 1. The van der Waals surface area contributed by atoms with Crippen LogP contribution in [0.3, 0.4) is 0 Å². The van der Waals surface area contributed by atoms with Gasteiger partial charge in [0.15, 0.2) is 11.5 Å². The zero-order valence-corrected chi connectivity index (χ0v) is 14.5. The molecular weight excluding hydrogens is 318 g/mol. The first kappa shape index (κ1) is 18.1. The Kier molecular flexibility index (Phi) is 5.84. The minimum atomic E-state index is -0.574. The highest BCUT2D eigenvalue weighted by Crippen LogP contribution is 2.25. The minimum absolute atomic E-state index is 0.0519. The van der Waals surface area contributed by atoms with Crippen LogP contribution in [0.4, 0.5) is 11.4 Å². The second-order valence-corrected chi connectivity index (χ2v) is 4.85. The smallest absolute Gasteiger partial charge is 0.359 e. The summed E-state index contributed by atoms with van der Waals surface area (Å²) in [6, 6.07) is 7.19. The highest BCUT2D eigenvalue weighted by molar-refractivity contribution is 5.94. The van der Waals surface area contributed by atoms with Crippen molar-refractivity contribution in [2.24, 2.45) is 0 Å². The van der Waals surface area contributed by atoms with Crippen LogP contribution in [0.1, 0.15) is 31.3 Å². The molecule has 2 aromatic heterocycles. The Morgan fingerprint density at radius 1 is 1.12 bits per heavy atom. The van der Waals surface area contributed by atoms with E-state index >= 15 is 0 Å². The molecule has 0 atom stereocenters. The number of nitrogens with two attached hydrogens (primary N) is 2. The molecule has 0 unspecified atom stereocenters. The fraction of sp³-hybridized carbons (Fsp3) is 0.222. The van der Waals surface area contributed by atoms with Crippen LogP contribution in [0.25, 0.3) is 22.3 Å². The molecule has 0 saturated carbocycles. The molecular formula is C18H21N5O2. The summed E-state index contributed by atoms with van der Waals surface area (Å²) in [5, 5.41) is 0.795. The van der Waals surface area contributed by atoms with Crippen molar-refractivity contribution in [3.63, 3.8) is 0 Å². The van der Waals surface area contributed by atoms with Crippen molar-refractivity contribution >= 4 is 28.2 Å². The molecule has 2 heterocycles. The number of rotatable bonds is 3. The number of ether oxygens (including phenoxy) is 1. The molecule has 0 spiro atoms. The van der Waals surface area contributed by atoms with Gasteiger partial charge in [0.2, 0.25) is 0 Å². The molecule has 0 aliphatic rings. The number of anilines is 2. The first-order chi connectivity index (χ1) is 12.1. The Morgan fingerprint density at radius 3 is 2.60 bits per heavy atom. The summed E-state index contributed by atoms with van der Waals surface area (Å²) < 4.78 is 4.95. The van der Waals surface area contributed by atoms with Crippen molar-refractivity contribution in [1.29, 1.82) is 0 Å². The normalized spacial score (nSPS) is 10.0. The molecule has 1 aromatic carbocycles. The number of benzene rings is 1. The molecule has 130 valence electrons. The van der Waals surface area contributed by atoms with E-state index in [0.29, 0.717) is 17.1 Å². The maximum absolute atomic E-state index is 11.9. The van der Waals surface area contributed by atoms with Crippen LogP contribution in [0, 0.1) is 0 Å². The molecule has 7 heteroatoms. The lowest BCUT2D eigenvalue weighted by atomic mass is 10.1. The van der Waals surface area contributed by atoms with E-state index in [9.17, 15) is 4.79 Å². The van der Waals surface area contributed by atoms with Gasteiger partial charge in [-0.1, -0.05) is 13.8 Å². The molecule has 7 nitrogen and oxygen atoms in total. The van der Waals surface area contributed by atoms with Crippen LogP contribution in [0.5, 0.6) is 0 Å². The molecule has 0 amide bonds. The van der Waals surface area contributed by atoms with E-state index in [-0.39, 0.29) is 18.0 Å². The number of pyridine rings is 1. The third kappa shape index (κ3) is 3.82. The van der Waals surface area contributed by atoms with Gasteiger partial charge in [-0.2, -0.15) is 0 Å². The van der Waals surface area contributed by atoms with Gasteiger partial charge in [-0.15, -0.1) is 0 Å². The molecule has 0 saturated heterocycles. The van der Waals surface area contributed by atoms with Crippen LogP contribution in [0.15, 0.2) is 36.7 Å². The number of hydrogen-bond donors (Lipinski definition) is 2. The largest absolute Gasteiger partial charge is 0.461 e. The lowest BCUT2D eigenvalue weighted by Gasteiger charge is -2.08. The van der Waals surface area contributed by atoms with E-state index in [2.05, 4.69) is 15.0 Å². The van der Waals surface area contributed by atoms with Crippen molar-refractivity contribution in [3.8, 4) is 11.4 Å². The van der Waals surface area contributed by atoms with Crippen molar-refractivity contribution in [2.45, 2.75) is 20.8 Å². The molecule has 0 aliphatic heterocycles. The summed E-state index contributed by atoms with van der Waals surface area (Å²) in [6.07, 6.45) is 3.04. The standard InChI is InChI=1S/C16H15N5O2.C2H6/c1-2-23-16(22)14-12(18)8-20-15(21-14)9-3-4-13-10(7-9)11(17)5-6-19-13;1-2/h3-8H,2,18H2,1H3,(H2,17,19);1-2H3. The Bertz CT molecular complexity index is 896. The third-order valence-corrected chi connectivity index (χ3v) is 3.32. The average molecular weight is 339 g/mol. The minimum Gasteiger partial charge on any atom is -0.461 e. The zero-order valence-electron chi connectivity index (χ0n) is 14.5. The van der Waals surface area contributed by atoms with Crippen molar-refractivity contribution in [3.05, 3.63) is 42.4 Å². The number of nitrogens with zero attached hydrogens (tertiary/aromatic N) is 3.